The van der Waals surface area contributed by atoms with E-state index in [0.29, 0.717) is 122 Å². The maximum atomic E-state index is 12.9. The van der Waals surface area contributed by atoms with Crippen molar-refractivity contribution in [2.24, 2.45) is 0 Å². The number of aliphatic hydroxyl groups is 2. The fourth-order valence-electron chi connectivity index (χ4n) is 16.3. The van der Waals surface area contributed by atoms with E-state index in [0.717, 1.165) is 57.4 Å². The van der Waals surface area contributed by atoms with Gasteiger partial charge in [0.2, 0.25) is 10.8 Å². The van der Waals surface area contributed by atoms with Crippen molar-refractivity contribution in [3.8, 4) is 56.4 Å². The van der Waals surface area contributed by atoms with Crippen LogP contribution in [0.4, 0.5) is 0 Å². The Kier molecular flexibility index (Phi) is 41.1. The van der Waals surface area contributed by atoms with E-state index in [1.165, 1.54) is 18.2 Å². The van der Waals surface area contributed by atoms with E-state index >= 15 is 0 Å². The third-order valence-electron chi connectivity index (χ3n) is 22.7. The Bertz CT molecular complexity index is 8600. The van der Waals surface area contributed by atoms with Gasteiger partial charge in [-0.15, -0.1) is 6.07 Å². The van der Waals surface area contributed by atoms with Gasteiger partial charge >= 0.3 is 88.7 Å². The van der Waals surface area contributed by atoms with E-state index in [-0.39, 0.29) is 207 Å². The number of carboxylic acid groups (broad SMARTS) is 1. The molecule has 0 bridgehead atoms. The molecule has 2 aromatic heterocycles. The van der Waals surface area contributed by atoms with Crippen molar-refractivity contribution in [1.82, 2.24) is 14.5 Å². The van der Waals surface area contributed by atoms with Crippen LogP contribution in [-0.2, 0) is 40.1 Å². The zero-order valence-corrected chi connectivity index (χ0v) is 102. The van der Waals surface area contributed by atoms with Crippen LogP contribution < -0.4 is 109 Å². The van der Waals surface area contributed by atoms with Gasteiger partial charge in [0, 0.05) is 89.0 Å². The van der Waals surface area contributed by atoms with E-state index in [9.17, 15) is 79.1 Å². The number of benzene rings is 13. The van der Waals surface area contributed by atoms with Gasteiger partial charge in [-0.3, -0.25) is 18.9 Å². The number of aliphatic hydroxyl groups excluding tert-OH is 2. The van der Waals surface area contributed by atoms with Crippen LogP contribution >= 0.6 is 174 Å². The molecule has 734 valence electrons. The summed E-state index contributed by atoms with van der Waals surface area (Å²) in [4.78, 5) is 57.4. The number of aromatic hydroxyl groups is 2. The number of carbonyl (C=O) groups excluding carboxylic acids is 3. The SMILES string of the molecule is CC.CC.CC[N+](CC)=c1ccc2c(-c3ccc(S(=O)(=O)[O-])cc3S(=O)(=O)O)c3ccc(C)cc3oc-2c1.Cc1ccc2nc(C3=C(O)c4ccccc4C3=O)ccc2c1.O=C([O-])c1c(Cl)c(Cl)c(Cl)c(Cl)c1-c1c2cc(Br)c(=O)c(Br)c-2oc2c(Br)[c-]c(Br)cc12.O=C1C(c2ccc3ccccc3n2)=C(O)c2ccccc21.O=S1(=O)OC(c2cc(Br)c(O)c(Br)c2)(c2cc(Br)c(O)c(Br)c2)c2ccccc21.[Na+].[Na+].[Na+].[OH-]. The summed E-state index contributed by atoms with van der Waals surface area (Å²) in [5.74, 6) is -1.36. The number of pyridine rings is 2. The van der Waals surface area contributed by atoms with Gasteiger partial charge in [-0.2, -0.15) is 22.9 Å². The maximum absolute atomic E-state index is 12.9. The molecule has 11 aromatic carbocycles. The second kappa shape index (κ2) is 49.7. The first-order valence-electron chi connectivity index (χ1n) is 42.5. The van der Waals surface area contributed by atoms with Crippen molar-refractivity contribution in [2.45, 2.75) is 75.7 Å². The maximum Gasteiger partial charge on any atom is 1.00 e. The minimum Gasteiger partial charge on any atom is -0.870 e. The number of rotatable bonds is 11. The molecule has 42 heteroatoms. The van der Waals surface area contributed by atoms with Gasteiger partial charge in [-0.05, 0) is 237 Å². The average molecular weight is 2650 g/mol. The van der Waals surface area contributed by atoms with Gasteiger partial charge < -0.3 is 49.2 Å². The summed E-state index contributed by atoms with van der Waals surface area (Å²) in [7, 11) is -13.9. The van der Waals surface area contributed by atoms with Gasteiger partial charge in [0.15, 0.2) is 17.2 Å². The van der Waals surface area contributed by atoms with Gasteiger partial charge in [0.05, 0.1) is 93.0 Å². The van der Waals surface area contributed by atoms with Crippen LogP contribution in [0.1, 0.15) is 123 Å². The fraction of sp³-hybridized carbons (Fsp3) is 0.106. The number of phenolic OH excluding ortho intramolecular Hbond substituents is 2. The second-order valence-electron chi connectivity index (χ2n) is 31.0. The monoisotopic (exact) mass is 2630 g/mol. The van der Waals surface area contributed by atoms with Gasteiger partial charge in [-0.1, -0.05) is 247 Å². The smallest absolute Gasteiger partial charge is 0.870 e. The summed E-state index contributed by atoms with van der Waals surface area (Å²) in [6.07, 6.45) is 0. The zero-order chi connectivity index (χ0) is 103. The first-order valence-corrected chi connectivity index (χ1v) is 54.7. The van der Waals surface area contributed by atoms with Crippen LogP contribution in [0, 0.1) is 19.9 Å². The van der Waals surface area contributed by atoms with Crippen molar-refractivity contribution in [3.05, 3.63) is 375 Å². The van der Waals surface area contributed by atoms with Crippen LogP contribution in [0.25, 0.3) is 111 Å². The number of ketones is 2. The topological polar surface area (TPSA) is 412 Å². The summed E-state index contributed by atoms with van der Waals surface area (Å²) in [6, 6.07) is 68.2. The number of halogens is 12. The van der Waals surface area contributed by atoms with Gasteiger partial charge in [0.1, 0.15) is 77.6 Å². The van der Waals surface area contributed by atoms with Crippen LogP contribution in [-0.4, -0.2) is 101 Å². The number of fused-ring (bicyclic) bond motifs is 9. The molecule has 0 spiro atoms. The Labute approximate surface area is 991 Å². The minimum absolute atomic E-state index is 0. The molecule has 24 nitrogen and oxygen atoms in total. The predicted octanol–water partition coefficient (Wildman–Crippen LogP) is 18.9. The first-order chi connectivity index (χ1) is 67.4. The molecule has 0 saturated carbocycles. The predicted molar refractivity (Wildman–Crippen MR) is 581 cm³/mol. The molecule has 6 N–H and O–H groups in total. The number of aromatic nitrogens is 2. The minimum atomic E-state index is -4.95. The van der Waals surface area contributed by atoms with E-state index in [1.54, 1.807) is 115 Å². The van der Waals surface area contributed by atoms with Crippen LogP contribution in [0.3, 0.4) is 0 Å². The van der Waals surface area contributed by atoms with E-state index in [4.69, 9.17) is 59.4 Å². The molecule has 0 amide bonds. The molecule has 5 heterocycles. The molecule has 0 fully saturated rings. The summed E-state index contributed by atoms with van der Waals surface area (Å²) in [6.45, 7) is 17.5. The Morgan fingerprint density at radius 3 is 1.53 bits per heavy atom. The number of carbonyl (C=O) groups is 3. The van der Waals surface area contributed by atoms with Gasteiger partial charge in [0.25, 0.3) is 20.2 Å². The standard InChI is InChI=1S/C24H23NO7S2.C20H3Br4Cl4O4.C19H10Br4O5S.C19H13NO2.C18H11NO2.2C2H6.3Na.H2O/c1-4-25(5-2)16-7-10-19-22(13-16)32-21-12-15(3)6-9-18(21)24(19)20-11-8-17(33(26,27)28)14-23(20)34(29,30)31;21-4-1-5-9(10-11(20(30)31)14(26)16(28)15(27)13(10)25)6-3-7(22)17(29)12(24)19(6)32-18(5)8(23)2-4;20-12-5-9(6-13(21)17(12)24)19(10-7-14(22)18(25)15(23)8-10)11-3-1-2-4-16(11)29(26,27)28-19;1-11-6-8-15-12(10-11)7-9-16(20-15)17-18(21)13-4-2-3-5-14(13)19(17)22;20-17-12-6-2-3-7-13(12)18(21)16(17)15-10-9-11-5-1-4-8-14(11)19-15;2*1-2;;;;/h6-14H,4-5H2,1-3H3,(H-,26,27,28,29,30,31);1,3H,(H,30,31);1-8,24-25H;2-10,21H,1H3;1-10,20H;2*1-2H3;;;;1H2/q;-1;;;;;;3*+1;/p-2. The molecule has 0 atom stereocenters. The summed E-state index contributed by atoms with van der Waals surface area (Å²) >= 11 is 51.7. The molecule has 4 aliphatic carbocycles. The quantitative estimate of drug-likeness (QED) is 0.0117. The number of phenols is 2. The van der Waals surface area contributed by atoms with Crippen molar-refractivity contribution >= 4 is 288 Å². The number of hydrogen-bond acceptors (Lipinski definition) is 22. The van der Waals surface area contributed by atoms with Crippen molar-refractivity contribution < 1.29 is 181 Å². The fourth-order valence-corrected chi connectivity index (χ4v) is 24.8. The molecular weight excluding hydrogens is 2570 g/mol. The Morgan fingerprint density at radius 2 is 1.00 bits per heavy atom. The molecule has 3 aliphatic heterocycles. The zero-order valence-electron chi connectivity index (χ0n) is 78.3. The van der Waals surface area contributed by atoms with Gasteiger partial charge in [-0.25, -0.2) is 27.1 Å². The number of Topliss-reactive ketones (excluding diaryl/α,β-unsaturated/α-hetero) is 2. The Morgan fingerprint density at radius 1 is 0.507 bits per heavy atom. The van der Waals surface area contributed by atoms with Crippen molar-refractivity contribution in [3.63, 3.8) is 0 Å². The number of para-hydroxylation sites is 1. The second-order valence-corrected chi connectivity index (χ2v) is 43.5. The number of hydrogen-bond donors (Lipinski definition) is 5. The molecule has 13 aromatic rings. The van der Waals surface area contributed by atoms with Crippen LogP contribution in [0.15, 0.2) is 295 Å². The summed E-state index contributed by atoms with van der Waals surface area (Å²) in [5.41, 5.74) is 8.86. The molecule has 7 aliphatic rings. The van der Waals surface area contributed by atoms with Crippen LogP contribution in [0.2, 0.25) is 20.1 Å². The molecule has 0 radical (unpaired) electrons. The van der Waals surface area contributed by atoms with E-state index < -0.39 is 57.3 Å². The molecule has 0 unspecified atom stereocenters. The number of aryl methyl sites for hydroxylation is 2. The number of allylic oxidation sites excluding steroid dienone is 2. The molecular formula is C104H72Br8Cl4N3Na3O21S3. The van der Waals surface area contributed by atoms with Crippen molar-refractivity contribution in [2.75, 3.05) is 13.1 Å². The van der Waals surface area contributed by atoms with Crippen LogP contribution in [0.5, 0.6) is 11.5 Å². The summed E-state index contributed by atoms with van der Waals surface area (Å²) in [5, 5.41) is 56.3. The van der Waals surface area contributed by atoms with E-state index in [1.807, 2.05) is 140 Å². The Hall–Kier alpha value is -7.20. The molecule has 146 heavy (non-hydrogen) atoms. The number of carboxylic acids is 1. The Balaban J connectivity index is 0.000000186. The number of nitrogens with zero attached hydrogens (tertiary/aromatic N) is 3. The normalized spacial score (nSPS) is 12.8. The third-order valence-corrected chi connectivity index (χ3v) is 32.3. The largest absolute Gasteiger partial charge is 1.00 e. The summed E-state index contributed by atoms with van der Waals surface area (Å²) < 4.78 is 118. The first kappa shape index (κ1) is 121. The van der Waals surface area contributed by atoms with Crippen molar-refractivity contribution in [1.29, 1.82) is 0 Å². The molecule has 0 saturated heterocycles. The number of aromatic carboxylic acids is 1. The van der Waals surface area contributed by atoms with E-state index in [2.05, 4.69) is 148 Å². The third kappa shape index (κ3) is 23.9. The molecule has 20 rings (SSSR count). The average Bonchev–Trinajstić information content (AvgIpc) is 1.10.